The Bertz CT molecular complexity index is 308. The Kier molecular flexibility index (Phi) is 4.88. The van der Waals surface area contributed by atoms with Crippen LogP contribution in [0.25, 0.3) is 0 Å². The molecule has 0 amide bonds. The van der Waals surface area contributed by atoms with Crippen LogP contribution in [-0.2, 0) is 4.79 Å². The highest BCUT2D eigenvalue weighted by molar-refractivity contribution is 5.75. The van der Waals surface area contributed by atoms with Crippen LogP contribution in [0.15, 0.2) is 0 Å². The third-order valence-electron chi connectivity index (χ3n) is 5.27. The Morgan fingerprint density at radius 3 is 2.37 bits per heavy atom. The number of likely N-dealkylation sites (tertiary alicyclic amines) is 1. The third kappa shape index (κ3) is 3.50. The smallest absolute Gasteiger partial charge is 0.310 e. The highest BCUT2D eigenvalue weighted by Gasteiger charge is 2.41. The fourth-order valence-electron chi connectivity index (χ4n) is 3.83. The second-order valence-electron chi connectivity index (χ2n) is 6.96. The Labute approximate surface area is 117 Å². The van der Waals surface area contributed by atoms with Gasteiger partial charge < -0.3 is 5.11 Å². The maximum absolute atomic E-state index is 11.9. The average molecular weight is 267 g/mol. The summed E-state index contributed by atoms with van der Waals surface area (Å²) in [5.41, 5.74) is -0.470. The summed E-state index contributed by atoms with van der Waals surface area (Å²) in [5.74, 6) is 0.160. The van der Waals surface area contributed by atoms with E-state index in [0.29, 0.717) is 12.0 Å². The lowest BCUT2D eigenvalue weighted by molar-refractivity contribution is -0.152. The summed E-state index contributed by atoms with van der Waals surface area (Å²) >= 11 is 0. The Morgan fingerprint density at radius 2 is 1.79 bits per heavy atom. The number of carboxylic acid groups (broad SMARTS) is 1. The van der Waals surface area contributed by atoms with Gasteiger partial charge in [-0.25, -0.2) is 0 Å². The maximum atomic E-state index is 11.9. The van der Waals surface area contributed by atoms with Crippen LogP contribution >= 0.6 is 0 Å². The molecule has 1 aliphatic carbocycles. The molecule has 2 rings (SSSR count). The predicted octanol–water partition coefficient (Wildman–Crippen LogP) is 3.53. The van der Waals surface area contributed by atoms with Crippen LogP contribution in [0.5, 0.6) is 0 Å². The molecule has 1 heterocycles. The van der Waals surface area contributed by atoms with Crippen LogP contribution in [0.1, 0.15) is 65.2 Å². The van der Waals surface area contributed by atoms with Crippen molar-refractivity contribution in [1.82, 2.24) is 4.90 Å². The van der Waals surface area contributed by atoms with Crippen LogP contribution in [0.3, 0.4) is 0 Å². The van der Waals surface area contributed by atoms with Crippen molar-refractivity contribution in [2.24, 2.45) is 11.3 Å². The van der Waals surface area contributed by atoms with Crippen LogP contribution in [0.2, 0.25) is 0 Å². The number of carboxylic acids is 1. The monoisotopic (exact) mass is 267 g/mol. The molecular formula is C16H29NO2. The summed E-state index contributed by atoms with van der Waals surface area (Å²) in [4.78, 5) is 14.3. The molecular weight excluding hydrogens is 238 g/mol. The molecule has 0 aromatic rings. The van der Waals surface area contributed by atoms with E-state index in [-0.39, 0.29) is 0 Å². The molecule has 1 saturated carbocycles. The van der Waals surface area contributed by atoms with E-state index in [2.05, 4.69) is 18.7 Å². The number of piperidine rings is 1. The van der Waals surface area contributed by atoms with Crippen LogP contribution < -0.4 is 0 Å². The predicted molar refractivity (Wildman–Crippen MR) is 77.2 cm³/mol. The first-order valence-electron chi connectivity index (χ1n) is 8.01. The first kappa shape index (κ1) is 14.8. The van der Waals surface area contributed by atoms with E-state index in [1.54, 1.807) is 0 Å². The zero-order valence-electron chi connectivity index (χ0n) is 12.5. The van der Waals surface area contributed by atoms with Gasteiger partial charge in [-0.15, -0.1) is 0 Å². The van der Waals surface area contributed by atoms with E-state index in [1.807, 2.05) is 0 Å². The molecule has 0 aromatic carbocycles. The Morgan fingerprint density at radius 1 is 1.16 bits per heavy atom. The molecule has 1 N–H and O–H groups in total. The van der Waals surface area contributed by atoms with E-state index in [4.69, 9.17) is 0 Å². The van der Waals surface area contributed by atoms with Crippen molar-refractivity contribution in [3.05, 3.63) is 0 Å². The minimum absolute atomic E-state index is 0.470. The van der Waals surface area contributed by atoms with Crippen molar-refractivity contribution in [3.8, 4) is 0 Å². The van der Waals surface area contributed by atoms with Gasteiger partial charge in [-0.1, -0.05) is 32.6 Å². The molecule has 2 aliphatic rings. The molecule has 0 spiro atoms. The summed E-state index contributed by atoms with van der Waals surface area (Å²) in [6.07, 6.45) is 8.85. The Balaban J connectivity index is 2.08. The van der Waals surface area contributed by atoms with Gasteiger partial charge in [-0.2, -0.15) is 0 Å². The summed E-state index contributed by atoms with van der Waals surface area (Å²) in [6, 6.07) is 0.552. The van der Waals surface area contributed by atoms with Gasteiger partial charge >= 0.3 is 5.97 Å². The van der Waals surface area contributed by atoms with E-state index in [9.17, 15) is 9.90 Å². The van der Waals surface area contributed by atoms with Gasteiger partial charge in [0.2, 0.25) is 0 Å². The largest absolute Gasteiger partial charge is 0.481 e. The molecule has 1 saturated heterocycles. The van der Waals surface area contributed by atoms with Gasteiger partial charge in [0.1, 0.15) is 0 Å². The summed E-state index contributed by atoms with van der Waals surface area (Å²) in [7, 11) is 0. The second kappa shape index (κ2) is 6.25. The molecule has 0 bridgehead atoms. The first-order valence-corrected chi connectivity index (χ1v) is 8.01. The van der Waals surface area contributed by atoms with Gasteiger partial charge in [0.05, 0.1) is 5.41 Å². The molecule has 0 radical (unpaired) electrons. The fourth-order valence-corrected chi connectivity index (χ4v) is 3.83. The van der Waals surface area contributed by atoms with E-state index >= 15 is 0 Å². The highest BCUT2D eigenvalue weighted by atomic mass is 16.4. The zero-order chi connectivity index (χ0) is 13.9. The van der Waals surface area contributed by atoms with Crippen LogP contribution in [-0.4, -0.2) is 35.1 Å². The SMILES string of the molecule is CC1CCC(C)N(CC2(C(=O)O)CCCCCC2)C1. The van der Waals surface area contributed by atoms with Crippen LogP contribution in [0.4, 0.5) is 0 Å². The van der Waals surface area contributed by atoms with Crippen molar-refractivity contribution in [3.63, 3.8) is 0 Å². The van der Waals surface area contributed by atoms with E-state index < -0.39 is 11.4 Å². The van der Waals surface area contributed by atoms with E-state index in [1.165, 1.54) is 25.7 Å². The van der Waals surface area contributed by atoms with Crippen molar-refractivity contribution in [2.75, 3.05) is 13.1 Å². The number of hydrogen-bond acceptors (Lipinski definition) is 2. The zero-order valence-corrected chi connectivity index (χ0v) is 12.5. The molecule has 19 heavy (non-hydrogen) atoms. The molecule has 2 atom stereocenters. The summed E-state index contributed by atoms with van der Waals surface area (Å²) in [5, 5.41) is 9.77. The number of rotatable bonds is 3. The van der Waals surface area contributed by atoms with Crippen LogP contribution in [0, 0.1) is 11.3 Å². The molecule has 3 heteroatoms. The van der Waals surface area contributed by atoms with Crippen molar-refractivity contribution >= 4 is 5.97 Å². The van der Waals surface area contributed by atoms with Gasteiger partial charge in [-0.3, -0.25) is 9.69 Å². The molecule has 2 unspecified atom stereocenters. The fraction of sp³-hybridized carbons (Fsp3) is 0.938. The van der Waals surface area contributed by atoms with Gasteiger partial charge in [0.25, 0.3) is 0 Å². The topological polar surface area (TPSA) is 40.5 Å². The quantitative estimate of drug-likeness (QED) is 0.795. The average Bonchev–Trinajstić information content (AvgIpc) is 2.60. The maximum Gasteiger partial charge on any atom is 0.310 e. The summed E-state index contributed by atoms with van der Waals surface area (Å²) < 4.78 is 0. The van der Waals surface area contributed by atoms with Crippen molar-refractivity contribution < 1.29 is 9.90 Å². The molecule has 1 aliphatic heterocycles. The molecule has 3 nitrogen and oxygen atoms in total. The lowest BCUT2D eigenvalue weighted by atomic mass is 9.78. The minimum atomic E-state index is -0.556. The number of aliphatic carboxylic acids is 1. The van der Waals surface area contributed by atoms with E-state index in [0.717, 1.165) is 38.8 Å². The van der Waals surface area contributed by atoms with Crippen molar-refractivity contribution in [2.45, 2.75) is 71.3 Å². The second-order valence-corrected chi connectivity index (χ2v) is 6.96. The molecule has 2 fully saturated rings. The minimum Gasteiger partial charge on any atom is -0.481 e. The first-order chi connectivity index (χ1) is 9.03. The lowest BCUT2D eigenvalue weighted by Crippen LogP contribution is -2.49. The Hall–Kier alpha value is -0.570. The molecule has 0 aromatic heterocycles. The standard InChI is InChI=1S/C16H29NO2/c1-13-7-8-14(2)17(11-13)12-16(15(18)19)9-5-3-4-6-10-16/h13-14H,3-12H2,1-2H3,(H,18,19). The van der Waals surface area contributed by atoms with Crippen molar-refractivity contribution in [1.29, 1.82) is 0 Å². The lowest BCUT2D eigenvalue weighted by Gasteiger charge is -2.42. The number of nitrogens with zero attached hydrogens (tertiary/aromatic N) is 1. The highest BCUT2D eigenvalue weighted by Crippen LogP contribution is 2.38. The van der Waals surface area contributed by atoms with Gasteiger partial charge in [-0.05, 0) is 38.5 Å². The number of hydrogen-bond donors (Lipinski definition) is 1. The molecule has 110 valence electrons. The number of carbonyl (C=O) groups is 1. The van der Waals surface area contributed by atoms with Gasteiger partial charge in [0.15, 0.2) is 0 Å². The summed E-state index contributed by atoms with van der Waals surface area (Å²) in [6.45, 7) is 6.40. The van der Waals surface area contributed by atoms with Gasteiger partial charge in [0, 0.05) is 19.1 Å². The third-order valence-corrected chi connectivity index (χ3v) is 5.27. The normalized spacial score (nSPS) is 32.7.